The third-order valence-corrected chi connectivity index (χ3v) is 4.03. The molecule has 0 aliphatic rings. The second-order valence-electron chi connectivity index (χ2n) is 3.39. The molecule has 0 aliphatic heterocycles. The Labute approximate surface area is 105 Å². The normalized spacial score (nSPS) is 11.5. The lowest BCUT2D eigenvalue weighted by atomic mass is 10.4. The van der Waals surface area contributed by atoms with E-state index in [4.69, 9.17) is 18.2 Å². The summed E-state index contributed by atoms with van der Waals surface area (Å²) in [5.41, 5.74) is -0.566. The van der Waals surface area contributed by atoms with Crippen LogP contribution in [-0.2, 0) is 19.8 Å². The van der Waals surface area contributed by atoms with Gasteiger partial charge in [0.05, 0.1) is 26.4 Å². The fraction of sp³-hybridized carbons (Fsp3) is 0.545. The molecule has 0 bridgehead atoms. The molecule has 1 aromatic heterocycles. The highest BCUT2D eigenvalue weighted by molar-refractivity contribution is 7.53. The van der Waals surface area contributed by atoms with Crippen molar-refractivity contribution in [3.8, 4) is 5.75 Å². The van der Waals surface area contributed by atoms with Crippen molar-refractivity contribution in [2.24, 2.45) is 0 Å². The van der Waals surface area contributed by atoms with Crippen LogP contribution >= 0.6 is 7.60 Å². The molecule has 1 aromatic rings. The summed E-state index contributed by atoms with van der Waals surface area (Å²) >= 11 is 0. The molecule has 1 heterocycles. The quantitative estimate of drug-likeness (QED) is 0.712. The lowest BCUT2D eigenvalue weighted by Gasteiger charge is -2.16. The number of methoxy groups -OCH3 is 1. The van der Waals surface area contributed by atoms with Crippen LogP contribution in [0.2, 0.25) is 0 Å². The van der Waals surface area contributed by atoms with Crippen molar-refractivity contribution in [3.05, 3.63) is 28.3 Å². The summed E-state index contributed by atoms with van der Waals surface area (Å²) in [6.07, 6.45) is -0.0961. The molecule has 1 rings (SSSR count). The van der Waals surface area contributed by atoms with Crippen molar-refractivity contribution in [2.75, 3.05) is 20.3 Å². The Balaban J connectivity index is 2.96. The molecule has 0 amide bonds. The Morgan fingerprint density at radius 3 is 2.33 bits per heavy atom. The number of hydrogen-bond donors (Lipinski definition) is 0. The fourth-order valence-corrected chi connectivity index (χ4v) is 2.99. The first-order valence-electron chi connectivity index (χ1n) is 5.59. The van der Waals surface area contributed by atoms with Crippen molar-refractivity contribution >= 4 is 7.60 Å². The lowest BCUT2D eigenvalue weighted by molar-refractivity contribution is 0.217. The van der Waals surface area contributed by atoms with Crippen LogP contribution in [0.4, 0.5) is 0 Å². The molecule has 0 atom stereocenters. The topological polar surface area (TPSA) is 75.0 Å². The van der Waals surface area contributed by atoms with Gasteiger partial charge < -0.3 is 18.2 Å². The van der Waals surface area contributed by atoms with Crippen LogP contribution in [0.1, 0.15) is 19.6 Å². The van der Waals surface area contributed by atoms with Gasteiger partial charge in [0.2, 0.25) is 0 Å². The van der Waals surface area contributed by atoms with Crippen molar-refractivity contribution in [1.29, 1.82) is 0 Å². The maximum atomic E-state index is 12.2. The zero-order valence-electron chi connectivity index (χ0n) is 10.7. The number of ether oxygens (including phenoxy) is 1. The molecule has 7 heteroatoms. The van der Waals surface area contributed by atoms with E-state index in [0.29, 0.717) is 5.75 Å². The van der Waals surface area contributed by atoms with E-state index >= 15 is 0 Å². The van der Waals surface area contributed by atoms with Gasteiger partial charge in [-0.15, -0.1) is 0 Å². The van der Waals surface area contributed by atoms with Gasteiger partial charge in [-0.2, -0.15) is 0 Å². The number of rotatable bonds is 7. The molecular formula is C11H17O6P. The Morgan fingerprint density at radius 2 is 1.83 bits per heavy atom. The molecule has 0 unspecified atom stereocenters. The third-order valence-electron chi connectivity index (χ3n) is 2.03. The summed E-state index contributed by atoms with van der Waals surface area (Å²) in [6, 6.07) is 2.70. The molecule has 0 radical (unpaired) electrons. The smallest absolute Gasteiger partial charge is 0.339 e. The Morgan fingerprint density at radius 1 is 1.22 bits per heavy atom. The van der Waals surface area contributed by atoms with Crippen LogP contribution < -0.4 is 10.4 Å². The second kappa shape index (κ2) is 6.73. The summed E-state index contributed by atoms with van der Waals surface area (Å²) in [5, 5.41) is 0. The molecule has 18 heavy (non-hydrogen) atoms. The van der Waals surface area contributed by atoms with Crippen LogP contribution in [0, 0.1) is 0 Å². The minimum Gasteiger partial charge on any atom is -0.496 e. The van der Waals surface area contributed by atoms with Gasteiger partial charge >= 0.3 is 13.2 Å². The Bertz CT molecular complexity index is 471. The fourth-order valence-electron chi connectivity index (χ4n) is 1.41. The molecular weight excluding hydrogens is 259 g/mol. The van der Waals surface area contributed by atoms with Crippen LogP contribution in [-0.4, -0.2) is 20.3 Å². The maximum Gasteiger partial charge on any atom is 0.339 e. The van der Waals surface area contributed by atoms with Gasteiger partial charge in [-0.1, -0.05) is 0 Å². The van der Waals surface area contributed by atoms with Crippen LogP contribution in [0.15, 0.2) is 21.3 Å². The lowest BCUT2D eigenvalue weighted by Crippen LogP contribution is -2.04. The molecule has 0 aromatic carbocycles. The maximum absolute atomic E-state index is 12.2. The monoisotopic (exact) mass is 276 g/mol. The molecule has 0 aliphatic carbocycles. The van der Waals surface area contributed by atoms with E-state index in [1.165, 1.54) is 19.2 Å². The molecule has 102 valence electrons. The van der Waals surface area contributed by atoms with Crippen molar-refractivity contribution in [3.63, 3.8) is 0 Å². The summed E-state index contributed by atoms with van der Waals surface area (Å²) in [7, 11) is -1.85. The zero-order valence-corrected chi connectivity index (χ0v) is 11.6. The number of hydrogen-bond acceptors (Lipinski definition) is 6. The van der Waals surface area contributed by atoms with Crippen LogP contribution in [0.5, 0.6) is 5.75 Å². The van der Waals surface area contributed by atoms with Crippen molar-refractivity contribution in [1.82, 2.24) is 0 Å². The zero-order chi connectivity index (χ0) is 13.6. The average molecular weight is 276 g/mol. The van der Waals surface area contributed by atoms with E-state index in [1.54, 1.807) is 13.8 Å². The van der Waals surface area contributed by atoms with Crippen molar-refractivity contribution < 1.29 is 22.8 Å². The van der Waals surface area contributed by atoms with E-state index < -0.39 is 13.2 Å². The first-order chi connectivity index (χ1) is 8.53. The first-order valence-corrected chi connectivity index (χ1v) is 7.32. The molecule has 0 spiro atoms. The van der Waals surface area contributed by atoms with Gasteiger partial charge in [0.25, 0.3) is 0 Å². The summed E-state index contributed by atoms with van der Waals surface area (Å²) < 4.78 is 32.4. The van der Waals surface area contributed by atoms with E-state index in [-0.39, 0.29) is 25.1 Å². The van der Waals surface area contributed by atoms with Gasteiger partial charge in [0.1, 0.15) is 17.7 Å². The molecule has 0 N–H and O–H groups in total. The van der Waals surface area contributed by atoms with Gasteiger partial charge in [-0.3, -0.25) is 4.57 Å². The van der Waals surface area contributed by atoms with Gasteiger partial charge in [-0.05, 0) is 13.8 Å². The van der Waals surface area contributed by atoms with E-state index in [9.17, 15) is 9.36 Å². The van der Waals surface area contributed by atoms with Gasteiger partial charge in [-0.25, -0.2) is 4.79 Å². The third kappa shape index (κ3) is 4.29. The van der Waals surface area contributed by atoms with Crippen LogP contribution in [0.25, 0.3) is 0 Å². The largest absolute Gasteiger partial charge is 0.496 e. The highest BCUT2D eigenvalue weighted by atomic mass is 31.2. The summed E-state index contributed by atoms with van der Waals surface area (Å²) in [5.74, 6) is 0.561. The van der Waals surface area contributed by atoms with Gasteiger partial charge in [0, 0.05) is 6.07 Å². The molecule has 0 fully saturated rings. The van der Waals surface area contributed by atoms with Crippen LogP contribution in [0.3, 0.4) is 0 Å². The highest BCUT2D eigenvalue weighted by Crippen LogP contribution is 2.51. The van der Waals surface area contributed by atoms with Gasteiger partial charge in [0.15, 0.2) is 0 Å². The predicted octanol–water partition coefficient (Wildman–Crippen LogP) is 2.41. The standard InChI is InChI=1S/C11H17O6P/c1-4-15-18(13,16-5-2)8-10-6-9(14-3)7-11(12)17-10/h6-7H,4-5,8H2,1-3H3. The summed E-state index contributed by atoms with van der Waals surface area (Å²) in [4.78, 5) is 11.3. The molecule has 0 saturated heterocycles. The average Bonchev–Trinajstić information content (AvgIpc) is 2.28. The predicted molar refractivity (Wildman–Crippen MR) is 66.1 cm³/mol. The molecule has 0 saturated carbocycles. The van der Waals surface area contributed by atoms with E-state index in [2.05, 4.69) is 0 Å². The minimum absolute atomic E-state index is 0.0961. The summed E-state index contributed by atoms with van der Waals surface area (Å²) in [6.45, 7) is 3.94. The Hall–Kier alpha value is -1.10. The molecule has 6 nitrogen and oxygen atoms in total. The highest BCUT2D eigenvalue weighted by Gasteiger charge is 2.26. The second-order valence-corrected chi connectivity index (χ2v) is 5.44. The SMILES string of the molecule is CCOP(=O)(Cc1cc(OC)cc(=O)o1)OCC. The van der Waals surface area contributed by atoms with Crippen molar-refractivity contribution in [2.45, 2.75) is 20.0 Å². The Kier molecular flexibility index (Phi) is 5.59. The minimum atomic E-state index is -3.28. The van der Waals surface area contributed by atoms with E-state index in [1.807, 2.05) is 0 Å². The van der Waals surface area contributed by atoms with E-state index in [0.717, 1.165) is 0 Å². The first kappa shape index (κ1) is 15.0.